The molecule has 0 aliphatic rings. The predicted octanol–water partition coefficient (Wildman–Crippen LogP) is 6.43. The first-order valence-electron chi connectivity index (χ1n) is 9.31. The van der Waals surface area contributed by atoms with Crippen molar-refractivity contribution in [3.05, 3.63) is 54.1 Å². The second-order valence-electron chi connectivity index (χ2n) is 7.45. The fourth-order valence-corrected chi connectivity index (χ4v) is 3.34. The molecular weight excluding hydrogens is 365 g/mol. The van der Waals surface area contributed by atoms with Gasteiger partial charge in [-0.05, 0) is 48.6 Å². The number of hydrogen-bond donors (Lipinski definition) is 0. The van der Waals surface area contributed by atoms with E-state index in [4.69, 9.17) is 4.74 Å². The van der Waals surface area contributed by atoms with Gasteiger partial charge in [0.05, 0.1) is 17.8 Å². The van der Waals surface area contributed by atoms with Crippen molar-refractivity contribution in [1.82, 2.24) is 9.97 Å². The van der Waals surface area contributed by atoms with Gasteiger partial charge in [0.1, 0.15) is 17.3 Å². The van der Waals surface area contributed by atoms with Crippen molar-refractivity contribution in [1.29, 1.82) is 0 Å². The monoisotopic (exact) mass is 388 g/mol. The molecule has 0 bridgehead atoms. The van der Waals surface area contributed by atoms with Crippen molar-refractivity contribution in [3.8, 4) is 17.0 Å². The fourth-order valence-electron chi connectivity index (χ4n) is 3.34. The van der Waals surface area contributed by atoms with Gasteiger partial charge in [0, 0.05) is 23.2 Å². The predicted molar refractivity (Wildman–Crippen MR) is 104 cm³/mol. The molecule has 2 aromatic heterocycles. The first-order chi connectivity index (χ1) is 13.3. The van der Waals surface area contributed by atoms with Crippen LogP contribution in [0.5, 0.6) is 5.75 Å². The summed E-state index contributed by atoms with van der Waals surface area (Å²) in [5, 5.41) is 0.649. The number of pyridine rings is 2. The van der Waals surface area contributed by atoms with Gasteiger partial charge in [-0.2, -0.15) is 0 Å². The fraction of sp³-hybridized carbons (Fsp3) is 0.364. The Morgan fingerprint density at radius 2 is 1.82 bits per heavy atom. The average Bonchev–Trinajstić information content (AvgIpc) is 2.65. The maximum atomic E-state index is 13.6. The Morgan fingerprint density at radius 3 is 2.54 bits per heavy atom. The lowest BCUT2D eigenvalue weighted by Crippen LogP contribution is -2.12. The van der Waals surface area contributed by atoms with Gasteiger partial charge < -0.3 is 4.74 Å². The largest absolute Gasteiger partial charge is 0.491 e. The molecule has 0 aliphatic heterocycles. The van der Waals surface area contributed by atoms with Gasteiger partial charge in [-0.3, -0.25) is 4.98 Å². The van der Waals surface area contributed by atoms with Crippen LogP contribution in [0.15, 0.2) is 42.6 Å². The molecular formula is C22H23F3N2O. The Kier molecular flexibility index (Phi) is 6.17. The molecule has 1 atom stereocenters. The highest BCUT2D eigenvalue weighted by Gasteiger charge is 2.19. The Morgan fingerprint density at radius 1 is 1.04 bits per heavy atom. The summed E-state index contributed by atoms with van der Waals surface area (Å²) in [7, 11) is 0. The molecule has 0 saturated heterocycles. The van der Waals surface area contributed by atoms with Crippen LogP contribution in [0.25, 0.3) is 22.2 Å². The summed E-state index contributed by atoms with van der Waals surface area (Å²) < 4.78 is 46.3. The Balaban J connectivity index is 1.93. The van der Waals surface area contributed by atoms with Gasteiger partial charge in [0.2, 0.25) is 0 Å². The van der Waals surface area contributed by atoms with E-state index in [0.717, 1.165) is 6.42 Å². The smallest absolute Gasteiger partial charge is 0.284 e. The lowest BCUT2D eigenvalue weighted by molar-refractivity contribution is 0.137. The van der Waals surface area contributed by atoms with Crippen LogP contribution >= 0.6 is 0 Å². The number of halogens is 3. The molecule has 0 spiro atoms. The molecule has 1 unspecified atom stereocenters. The number of benzene rings is 1. The molecule has 2 heterocycles. The van der Waals surface area contributed by atoms with Crippen LogP contribution in [0.3, 0.4) is 0 Å². The van der Waals surface area contributed by atoms with Crippen LogP contribution in [0, 0.1) is 17.7 Å². The van der Waals surface area contributed by atoms with Gasteiger partial charge in [0.25, 0.3) is 6.43 Å². The highest BCUT2D eigenvalue weighted by Crippen LogP contribution is 2.33. The summed E-state index contributed by atoms with van der Waals surface area (Å²) >= 11 is 0. The number of hydrogen-bond acceptors (Lipinski definition) is 3. The maximum absolute atomic E-state index is 13.6. The van der Waals surface area contributed by atoms with Crippen LogP contribution in [0.2, 0.25) is 0 Å². The standard InChI is InChI=1S/C22H23F3N2O/c1-13(2)10-14(3)12-28-20-7-6-18(27-21(20)22(24)25)17-8-9-26-19-11-15(23)4-5-16(17)19/h4-9,11,13-14,22H,10,12H2,1-3H3. The third-order valence-electron chi connectivity index (χ3n) is 4.47. The van der Waals surface area contributed by atoms with Gasteiger partial charge >= 0.3 is 0 Å². The first-order valence-corrected chi connectivity index (χ1v) is 9.31. The molecule has 3 nitrogen and oxygen atoms in total. The van der Waals surface area contributed by atoms with Gasteiger partial charge in [-0.1, -0.05) is 20.8 Å². The highest BCUT2D eigenvalue weighted by atomic mass is 19.3. The summed E-state index contributed by atoms with van der Waals surface area (Å²) in [5.74, 6) is 0.458. The molecule has 0 fully saturated rings. The van der Waals surface area contributed by atoms with E-state index in [-0.39, 0.29) is 17.4 Å². The molecule has 3 aromatic rings. The topological polar surface area (TPSA) is 35.0 Å². The molecule has 0 N–H and O–H groups in total. The number of ether oxygens (including phenoxy) is 1. The highest BCUT2D eigenvalue weighted by molar-refractivity contribution is 5.93. The van der Waals surface area contributed by atoms with Gasteiger partial charge in [-0.15, -0.1) is 0 Å². The Labute approximate surface area is 162 Å². The molecule has 1 aromatic carbocycles. The lowest BCUT2D eigenvalue weighted by Gasteiger charge is -2.17. The van der Waals surface area contributed by atoms with Crippen LogP contribution in [0.4, 0.5) is 13.2 Å². The van der Waals surface area contributed by atoms with E-state index < -0.39 is 12.2 Å². The lowest BCUT2D eigenvalue weighted by atomic mass is 10.00. The zero-order valence-electron chi connectivity index (χ0n) is 16.1. The number of rotatable bonds is 7. The summed E-state index contributed by atoms with van der Waals surface area (Å²) in [6, 6.07) is 9.06. The maximum Gasteiger partial charge on any atom is 0.284 e. The second-order valence-corrected chi connectivity index (χ2v) is 7.45. The zero-order chi connectivity index (χ0) is 20.3. The van der Waals surface area contributed by atoms with E-state index in [0.29, 0.717) is 34.7 Å². The van der Waals surface area contributed by atoms with Crippen molar-refractivity contribution in [3.63, 3.8) is 0 Å². The molecule has 28 heavy (non-hydrogen) atoms. The third kappa shape index (κ3) is 4.61. The van der Waals surface area contributed by atoms with E-state index >= 15 is 0 Å². The van der Waals surface area contributed by atoms with Crippen molar-refractivity contribution >= 4 is 10.9 Å². The normalized spacial score (nSPS) is 12.7. The number of fused-ring (bicyclic) bond motifs is 1. The molecule has 6 heteroatoms. The van der Waals surface area contributed by atoms with Crippen molar-refractivity contribution < 1.29 is 17.9 Å². The SMILES string of the molecule is CC(C)CC(C)COc1ccc(-c2ccnc3cc(F)ccc23)nc1C(F)F. The molecule has 0 amide bonds. The molecule has 3 rings (SSSR count). The van der Waals surface area contributed by atoms with Crippen molar-refractivity contribution in [2.24, 2.45) is 11.8 Å². The Hall–Kier alpha value is -2.63. The number of alkyl halides is 2. The van der Waals surface area contributed by atoms with E-state index in [9.17, 15) is 13.2 Å². The molecule has 0 aliphatic carbocycles. The Bertz CT molecular complexity index is 960. The van der Waals surface area contributed by atoms with Crippen LogP contribution in [-0.4, -0.2) is 16.6 Å². The van der Waals surface area contributed by atoms with Crippen LogP contribution in [-0.2, 0) is 0 Å². The number of nitrogens with zero attached hydrogens (tertiary/aromatic N) is 2. The molecule has 0 saturated carbocycles. The van der Waals surface area contributed by atoms with Gasteiger partial charge in [0.15, 0.2) is 0 Å². The third-order valence-corrected chi connectivity index (χ3v) is 4.47. The first kappa shape index (κ1) is 20.1. The minimum absolute atomic E-state index is 0.0961. The van der Waals surface area contributed by atoms with Crippen LogP contribution < -0.4 is 4.74 Å². The summed E-state index contributed by atoms with van der Waals surface area (Å²) in [5.41, 5.74) is 1.05. The minimum Gasteiger partial charge on any atom is -0.491 e. The molecule has 0 radical (unpaired) electrons. The summed E-state index contributed by atoms with van der Waals surface area (Å²) in [4.78, 5) is 8.29. The van der Waals surface area contributed by atoms with E-state index in [2.05, 4.69) is 23.8 Å². The summed E-state index contributed by atoms with van der Waals surface area (Å²) in [6.45, 7) is 6.62. The van der Waals surface area contributed by atoms with E-state index in [1.807, 2.05) is 6.92 Å². The van der Waals surface area contributed by atoms with Crippen LogP contribution in [0.1, 0.15) is 39.3 Å². The number of aromatic nitrogens is 2. The van der Waals surface area contributed by atoms with Crippen molar-refractivity contribution in [2.75, 3.05) is 6.61 Å². The molecule has 148 valence electrons. The zero-order valence-corrected chi connectivity index (χ0v) is 16.1. The second kappa shape index (κ2) is 8.59. The van der Waals surface area contributed by atoms with E-state index in [1.165, 1.54) is 24.4 Å². The summed E-state index contributed by atoms with van der Waals surface area (Å²) in [6.07, 6.45) is -0.297. The van der Waals surface area contributed by atoms with Gasteiger partial charge in [-0.25, -0.2) is 18.2 Å². The average molecular weight is 388 g/mol. The van der Waals surface area contributed by atoms with E-state index in [1.54, 1.807) is 18.2 Å². The van der Waals surface area contributed by atoms with Crippen molar-refractivity contribution in [2.45, 2.75) is 33.6 Å². The quantitative estimate of drug-likeness (QED) is 0.467. The minimum atomic E-state index is -2.76.